The highest BCUT2D eigenvalue weighted by Gasteiger charge is 2.37. The first-order valence-electron chi connectivity index (χ1n) is 9.57. The van der Waals surface area contributed by atoms with E-state index < -0.39 is 6.04 Å². The summed E-state index contributed by atoms with van der Waals surface area (Å²) in [5.74, 6) is 1.06. The minimum Gasteiger partial charge on any atom is -0.423 e. The summed E-state index contributed by atoms with van der Waals surface area (Å²) < 4.78 is 7.72. The molecule has 1 atom stereocenters. The summed E-state index contributed by atoms with van der Waals surface area (Å²) in [4.78, 5) is 13.8. The number of benzene rings is 1. The van der Waals surface area contributed by atoms with Crippen molar-refractivity contribution in [2.45, 2.75) is 69.2 Å². The molecule has 0 bridgehead atoms. The van der Waals surface area contributed by atoms with Gasteiger partial charge in [-0.2, -0.15) is 0 Å². The summed E-state index contributed by atoms with van der Waals surface area (Å²) in [6.07, 6.45) is 9.54. The fourth-order valence-corrected chi connectivity index (χ4v) is 4.26. The molecule has 1 aliphatic heterocycles. The molecule has 1 aromatic carbocycles. The van der Waals surface area contributed by atoms with Crippen LogP contribution in [0.3, 0.4) is 0 Å². The van der Waals surface area contributed by atoms with E-state index in [0.29, 0.717) is 11.8 Å². The lowest BCUT2D eigenvalue weighted by molar-refractivity contribution is 0.0882. The third-order valence-electron chi connectivity index (χ3n) is 4.72. The van der Waals surface area contributed by atoms with Crippen LogP contribution >= 0.6 is 11.9 Å². The van der Waals surface area contributed by atoms with Gasteiger partial charge in [0.2, 0.25) is 11.8 Å². The predicted octanol–water partition coefficient (Wildman–Crippen LogP) is 5.24. The molecule has 0 saturated carbocycles. The van der Waals surface area contributed by atoms with Crippen molar-refractivity contribution in [1.82, 2.24) is 14.5 Å². The van der Waals surface area contributed by atoms with Gasteiger partial charge in [0.1, 0.15) is 0 Å². The lowest BCUT2D eigenvalue weighted by atomic mass is 10.0. The minimum atomic E-state index is -0.509. The second-order valence-electron chi connectivity index (χ2n) is 6.81. The van der Waals surface area contributed by atoms with Gasteiger partial charge in [-0.15, -0.1) is 10.2 Å². The van der Waals surface area contributed by atoms with Gasteiger partial charge in [0.25, 0.3) is 0 Å². The lowest BCUT2D eigenvalue weighted by Crippen LogP contribution is -2.30. The first kappa shape index (κ1) is 19.1. The molecule has 2 heterocycles. The Bertz CT molecular complexity index is 731. The molecule has 5 nitrogen and oxygen atoms in total. The Morgan fingerprint density at radius 1 is 1.08 bits per heavy atom. The molecule has 0 saturated heterocycles. The van der Waals surface area contributed by atoms with Crippen LogP contribution in [0.25, 0.3) is 0 Å². The molecule has 26 heavy (non-hydrogen) atoms. The Hall–Kier alpha value is -1.66. The highest BCUT2D eigenvalue weighted by molar-refractivity contribution is 7.97. The van der Waals surface area contributed by atoms with Crippen molar-refractivity contribution in [1.29, 1.82) is 0 Å². The molecule has 1 aromatic heterocycles. The van der Waals surface area contributed by atoms with E-state index in [2.05, 4.69) is 17.1 Å². The monoisotopic (exact) mass is 373 g/mol. The normalized spacial score (nSPS) is 17.5. The number of rotatable bonds is 9. The van der Waals surface area contributed by atoms with E-state index in [1.54, 1.807) is 11.9 Å². The lowest BCUT2D eigenvalue weighted by Gasteiger charge is -2.28. The molecule has 0 fully saturated rings. The molecular formula is C20H27N3O2S. The van der Waals surface area contributed by atoms with Gasteiger partial charge in [0.05, 0.1) is 0 Å². The first-order valence-corrected chi connectivity index (χ1v) is 10.3. The van der Waals surface area contributed by atoms with Crippen LogP contribution in [-0.4, -0.2) is 27.3 Å². The maximum absolute atomic E-state index is 12.8. The zero-order valence-electron chi connectivity index (χ0n) is 15.6. The van der Waals surface area contributed by atoms with Gasteiger partial charge < -0.3 is 4.42 Å². The Morgan fingerprint density at radius 2 is 1.81 bits per heavy atom. The fourth-order valence-electron chi connectivity index (χ4n) is 3.25. The number of fused-ring (bicyclic) bond motifs is 1. The second-order valence-corrected chi connectivity index (χ2v) is 8.00. The number of ketones is 1. The molecule has 6 heteroatoms. The highest BCUT2D eigenvalue weighted by Crippen LogP contribution is 2.40. The molecular weight excluding hydrogens is 346 g/mol. The van der Waals surface area contributed by atoms with Gasteiger partial charge >= 0.3 is 0 Å². The standard InChI is InChI=1S/C20H27N3O2S/c1-3-4-5-6-7-8-9-14-17-21-22-20(25-17)18-19(24)15-12-10-11-13-16(15)26-23(18)2/h10-13,18H,3-9,14H2,1-2H3. The molecule has 1 aliphatic rings. The summed E-state index contributed by atoms with van der Waals surface area (Å²) in [6.45, 7) is 2.23. The molecule has 3 rings (SSSR count). The number of Topliss-reactive ketones (excluding diaryl/α,β-unsaturated/α-hetero) is 1. The van der Waals surface area contributed by atoms with Crippen molar-refractivity contribution in [2.75, 3.05) is 7.05 Å². The van der Waals surface area contributed by atoms with Crippen molar-refractivity contribution >= 4 is 17.7 Å². The number of hydrogen-bond donors (Lipinski definition) is 0. The molecule has 0 amide bonds. The van der Waals surface area contributed by atoms with Gasteiger partial charge in [0.15, 0.2) is 11.8 Å². The summed E-state index contributed by atoms with van der Waals surface area (Å²) in [5, 5.41) is 8.32. The third-order valence-corrected chi connectivity index (χ3v) is 5.77. The average molecular weight is 374 g/mol. The van der Waals surface area contributed by atoms with E-state index in [9.17, 15) is 4.79 Å². The van der Waals surface area contributed by atoms with E-state index >= 15 is 0 Å². The fraction of sp³-hybridized carbons (Fsp3) is 0.550. The van der Waals surface area contributed by atoms with Crippen molar-refractivity contribution in [3.05, 3.63) is 41.6 Å². The quantitative estimate of drug-likeness (QED) is 0.442. The zero-order valence-corrected chi connectivity index (χ0v) is 16.4. The highest BCUT2D eigenvalue weighted by atomic mass is 32.2. The van der Waals surface area contributed by atoms with Crippen LogP contribution in [0.1, 0.15) is 80.1 Å². The number of aromatic nitrogens is 2. The van der Waals surface area contributed by atoms with E-state index in [0.717, 1.165) is 23.3 Å². The smallest absolute Gasteiger partial charge is 0.242 e. The summed E-state index contributed by atoms with van der Waals surface area (Å²) in [6, 6.07) is 7.15. The van der Waals surface area contributed by atoms with E-state index in [4.69, 9.17) is 4.42 Å². The van der Waals surface area contributed by atoms with Crippen LogP contribution in [0, 0.1) is 0 Å². The number of hydrogen-bond acceptors (Lipinski definition) is 6. The van der Waals surface area contributed by atoms with E-state index in [1.807, 2.05) is 35.6 Å². The third kappa shape index (κ3) is 4.54. The Morgan fingerprint density at radius 3 is 2.62 bits per heavy atom. The second kappa shape index (κ2) is 9.33. The van der Waals surface area contributed by atoms with Crippen molar-refractivity contribution in [3.63, 3.8) is 0 Å². The van der Waals surface area contributed by atoms with Gasteiger partial charge in [-0.3, -0.25) is 4.79 Å². The maximum Gasteiger partial charge on any atom is 0.242 e. The molecule has 0 aliphatic carbocycles. The number of carbonyl (C=O) groups is 1. The van der Waals surface area contributed by atoms with Gasteiger partial charge in [-0.25, -0.2) is 4.31 Å². The molecule has 140 valence electrons. The van der Waals surface area contributed by atoms with E-state index in [1.165, 1.54) is 38.5 Å². The zero-order chi connectivity index (χ0) is 18.4. The number of unbranched alkanes of at least 4 members (excludes halogenated alkanes) is 6. The van der Waals surface area contributed by atoms with Crippen LogP contribution in [-0.2, 0) is 6.42 Å². The summed E-state index contributed by atoms with van der Waals surface area (Å²) >= 11 is 1.54. The number of carbonyl (C=O) groups excluding carboxylic acids is 1. The van der Waals surface area contributed by atoms with Gasteiger partial charge in [0, 0.05) is 16.9 Å². The van der Waals surface area contributed by atoms with Crippen molar-refractivity contribution in [2.24, 2.45) is 0 Å². The summed E-state index contributed by atoms with van der Waals surface area (Å²) in [7, 11) is 1.89. The SMILES string of the molecule is CCCCCCCCCc1nnc(C2C(=O)c3ccccc3SN2C)o1. The largest absolute Gasteiger partial charge is 0.423 e. The minimum absolute atomic E-state index is 0.0213. The molecule has 0 spiro atoms. The molecule has 1 unspecified atom stereocenters. The predicted molar refractivity (Wildman–Crippen MR) is 103 cm³/mol. The van der Waals surface area contributed by atoms with Crippen LogP contribution in [0.5, 0.6) is 0 Å². The Kier molecular flexibility index (Phi) is 6.86. The van der Waals surface area contributed by atoms with E-state index in [-0.39, 0.29) is 5.78 Å². The van der Waals surface area contributed by atoms with Crippen LogP contribution < -0.4 is 0 Å². The Labute approximate surface area is 159 Å². The van der Waals surface area contributed by atoms with Gasteiger partial charge in [-0.05, 0) is 31.5 Å². The van der Waals surface area contributed by atoms with Gasteiger partial charge in [-0.1, -0.05) is 63.6 Å². The molecule has 2 aromatic rings. The maximum atomic E-state index is 12.8. The van der Waals surface area contributed by atoms with Crippen molar-refractivity contribution < 1.29 is 9.21 Å². The Balaban J connectivity index is 1.55. The van der Waals surface area contributed by atoms with Crippen LogP contribution in [0.15, 0.2) is 33.6 Å². The number of aryl methyl sites for hydroxylation is 1. The van der Waals surface area contributed by atoms with Crippen LogP contribution in [0.2, 0.25) is 0 Å². The van der Waals surface area contributed by atoms with Crippen LogP contribution in [0.4, 0.5) is 0 Å². The first-order chi connectivity index (χ1) is 12.7. The van der Waals surface area contributed by atoms with Crippen molar-refractivity contribution in [3.8, 4) is 0 Å². The molecule has 0 N–H and O–H groups in total. The number of likely N-dealkylation sites (N-methyl/N-ethyl adjacent to an activating group) is 1. The topological polar surface area (TPSA) is 59.2 Å². The average Bonchev–Trinajstić information content (AvgIpc) is 3.09. The molecule has 0 radical (unpaired) electrons. The summed E-state index contributed by atoms with van der Waals surface area (Å²) in [5.41, 5.74) is 0.729. The number of nitrogens with zero attached hydrogens (tertiary/aromatic N) is 3.